The van der Waals surface area contributed by atoms with Crippen LogP contribution in [0.2, 0.25) is 0 Å². The zero-order valence-electron chi connectivity index (χ0n) is 9.93. The minimum Gasteiger partial charge on any atom is -0.481 e. The zero-order chi connectivity index (χ0) is 14.3. The summed E-state index contributed by atoms with van der Waals surface area (Å²) in [5.41, 5.74) is -3.52. The molecule has 0 saturated heterocycles. The van der Waals surface area contributed by atoms with E-state index in [0.29, 0.717) is 18.9 Å². The number of hydrogen-bond acceptors (Lipinski definition) is 1. The van der Waals surface area contributed by atoms with Crippen LogP contribution in [0.4, 0.5) is 17.6 Å². The van der Waals surface area contributed by atoms with Crippen LogP contribution in [0.3, 0.4) is 0 Å². The Morgan fingerprint density at radius 2 is 1.79 bits per heavy atom. The first-order valence-electron chi connectivity index (χ1n) is 5.88. The third-order valence-electron chi connectivity index (χ3n) is 3.68. The van der Waals surface area contributed by atoms with E-state index in [1.807, 2.05) is 0 Å². The summed E-state index contributed by atoms with van der Waals surface area (Å²) in [6.07, 6.45) is -3.63. The first-order chi connectivity index (χ1) is 8.79. The van der Waals surface area contributed by atoms with E-state index in [2.05, 4.69) is 0 Å². The van der Waals surface area contributed by atoms with E-state index in [-0.39, 0.29) is 12.8 Å². The van der Waals surface area contributed by atoms with Gasteiger partial charge in [-0.2, -0.15) is 13.2 Å². The number of halogens is 4. The summed E-state index contributed by atoms with van der Waals surface area (Å²) < 4.78 is 52.4. The Balaban J connectivity index is 2.68. The molecule has 2 rings (SSSR count). The van der Waals surface area contributed by atoms with Crippen molar-refractivity contribution < 1.29 is 27.5 Å². The van der Waals surface area contributed by atoms with Crippen molar-refractivity contribution in [2.75, 3.05) is 0 Å². The fraction of sp³-hybridized carbons (Fsp3) is 0.462. The van der Waals surface area contributed by atoms with E-state index in [0.717, 1.165) is 12.1 Å². The van der Waals surface area contributed by atoms with Crippen LogP contribution in [-0.2, 0) is 16.4 Å². The van der Waals surface area contributed by atoms with Crippen LogP contribution in [0.15, 0.2) is 18.2 Å². The first kappa shape index (κ1) is 13.8. The lowest BCUT2D eigenvalue weighted by Gasteiger charge is -2.27. The highest BCUT2D eigenvalue weighted by atomic mass is 19.4. The van der Waals surface area contributed by atoms with Gasteiger partial charge < -0.3 is 5.11 Å². The Morgan fingerprint density at radius 1 is 1.21 bits per heavy atom. The highest BCUT2D eigenvalue weighted by Crippen LogP contribution is 2.47. The number of hydrogen-bond donors (Lipinski definition) is 1. The molecule has 1 aromatic carbocycles. The summed E-state index contributed by atoms with van der Waals surface area (Å²) in [4.78, 5) is 11.4. The molecule has 1 fully saturated rings. The second-order valence-corrected chi connectivity index (χ2v) is 4.75. The largest absolute Gasteiger partial charge is 0.481 e. The maximum Gasteiger partial charge on any atom is 0.419 e. The minimum absolute atomic E-state index is 0.106. The topological polar surface area (TPSA) is 37.3 Å². The Hall–Kier alpha value is -1.59. The van der Waals surface area contributed by atoms with Crippen LogP contribution in [0.5, 0.6) is 0 Å². The molecule has 0 atom stereocenters. The summed E-state index contributed by atoms with van der Waals surface area (Å²) in [6.45, 7) is 0. The number of carboxylic acid groups (broad SMARTS) is 1. The molecule has 0 unspecified atom stereocenters. The van der Waals surface area contributed by atoms with E-state index < -0.39 is 34.5 Å². The van der Waals surface area contributed by atoms with Crippen molar-refractivity contribution in [1.29, 1.82) is 0 Å². The van der Waals surface area contributed by atoms with Crippen molar-refractivity contribution in [3.8, 4) is 0 Å². The van der Waals surface area contributed by atoms with Gasteiger partial charge in [-0.05, 0) is 24.5 Å². The molecule has 0 aromatic heterocycles. The number of alkyl halides is 3. The Labute approximate surface area is 107 Å². The normalized spacial score (nSPS) is 18.5. The monoisotopic (exact) mass is 276 g/mol. The average molecular weight is 276 g/mol. The maximum atomic E-state index is 13.5. The molecular formula is C13H12F4O2. The molecule has 0 radical (unpaired) electrons. The van der Waals surface area contributed by atoms with Crippen molar-refractivity contribution in [3.05, 3.63) is 35.1 Å². The van der Waals surface area contributed by atoms with Gasteiger partial charge in [-0.25, -0.2) is 4.39 Å². The standard InChI is InChI=1S/C13H12F4O2/c14-9-5-3-4-8(10(9)13(15,16)17)12(11(18)19)6-1-2-7-12/h3-5H,1-2,6-7H2,(H,18,19). The molecule has 0 bridgehead atoms. The number of rotatable bonds is 2. The van der Waals surface area contributed by atoms with Crippen LogP contribution in [0, 0.1) is 5.82 Å². The van der Waals surface area contributed by atoms with Gasteiger partial charge in [-0.1, -0.05) is 25.0 Å². The molecule has 1 aliphatic rings. The van der Waals surface area contributed by atoms with Gasteiger partial charge in [-0.3, -0.25) is 4.79 Å². The smallest absolute Gasteiger partial charge is 0.419 e. The van der Waals surface area contributed by atoms with E-state index >= 15 is 0 Å². The third-order valence-corrected chi connectivity index (χ3v) is 3.68. The van der Waals surface area contributed by atoms with Gasteiger partial charge in [-0.15, -0.1) is 0 Å². The molecule has 0 amide bonds. The van der Waals surface area contributed by atoms with Crippen LogP contribution in [0.1, 0.15) is 36.8 Å². The molecular weight excluding hydrogens is 264 g/mol. The van der Waals surface area contributed by atoms with Gasteiger partial charge in [0.05, 0.1) is 11.0 Å². The van der Waals surface area contributed by atoms with Gasteiger partial charge >= 0.3 is 12.1 Å². The van der Waals surface area contributed by atoms with Crippen molar-refractivity contribution in [3.63, 3.8) is 0 Å². The Kier molecular flexibility index (Phi) is 3.28. The SMILES string of the molecule is O=C(O)C1(c2cccc(F)c2C(F)(F)F)CCCC1. The average Bonchev–Trinajstić information content (AvgIpc) is 2.76. The molecule has 0 spiro atoms. The molecule has 1 aliphatic carbocycles. The van der Waals surface area contributed by atoms with Crippen molar-refractivity contribution in [2.24, 2.45) is 0 Å². The first-order valence-corrected chi connectivity index (χ1v) is 5.88. The molecule has 2 nitrogen and oxygen atoms in total. The number of benzene rings is 1. The maximum absolute atomic E-state index is 13.5. The molecule has 19 heavy (non-hydrogen) atoms. The molecule has 6 heteroatoms. The zero-order valence-corrected chi connectivity index (χ0v) is 9.93. The van der Waals surface area contributed by atoms with Crippen LogP contribution in [0.25, 0.3) is 0 Å². The highest BCUT2D eigenvalue weighted by Gasteiger charge is 2.49. The molecule has 104 valence electrons. The van der Waals surface area contributed by atoms with Gasteiger partial charge in [0.25, 0.3) is 0 Å². The Bertz CT molecular complexity index is 502. The van der Waals surface area contributed by atoms with Gasteiger partial charge in [0.2, 0.25) is 0 Å². The lowest BCUT2D eigenvalue weighted by atomic mass is 9.76. The van der Waals surface area contributed by atoms with E-state index in [1.165, 1.54) is 0 Å². The van der Waals surface area contributed by atoms with Gasteiger partial charge in [0.1, 0.15) is 5.82 Å². The van der Waals surface area contributed by atoms with Crippen molar-refractivity contribution in [2.45, 2.75) is 37.3 Å². The molecule has 1 N–H and O–H groups in total. The lowest BCUT2D eigenvalue weighted by molar-refractivity contribution is -0.146. The second-order valence-electron chi connectivity index (χ2n) is 4.75. The summed E-state index contributed by atoms with van der Waals surface area (Å²) in [5, 5.41) is 9.31. The van der Waals surface area contributed by atoms with Crippen LogP contribution < -0.4 is 0 Å². The fourth-order valence-corrected chi connectivity index (χ4v) is 2.79. The summed E-state index contributed by atoms with van der Waals surface area (Å²) in [5.74, 6) is -2.74. The molecule has 1 saturated carbocycles. The number of carboxylic acids is 1. The molecule has 0 aliphatic heterocycles. The second kappa shape index (κ2) is 4.51. The van der Waals surface area contributed by atoms with Crippen LogP contribution >= 0.6 is 0 Å². The summed E-state index contributed by atoms with van der Waals surface area (Å²) >= 11 is 0. The Morgan fingerprint density at radius 3 is 2.26 bits per heavy atom. The molecule has 0 heterocycles. The van der Waals surface area contributed by atoms with E-state index in [9.17, 15) is 27.5 Å². The van der Waals surface area contributed by atoms with Crippen molar-refractivity contribution >= 4 is 5.97 Å². The summed E-state index contributed by atoms with van der Waals surface area (Å²) in [7, 11) is 0. The third kappa shape index (κ3) is 2.19. The quantitative estimate of drug-likeness (QED) is 0.835. The van der Waals surface area contributed by atoms with Crippen LogP contribution in [-0.4, -0.2) is 11.1 Å². The van der Waals surface area contributed by atoms with E-state index in [4.69, 9.17) is 0 Å². The predicted octanol–water partition coefficient (Wildman–Crippen LogP) is 3.74. The predicted molar refractivity (Wildman–Crippen MR) is 59.2 cm³/mol. The lowest BCUT2D eigenvalue weighted by Crippen LogP contribution is -2.35. The highest BCUT2D eigenvalue weighted by molar-refractivity contribution is 5.82. The summed E-state index contributed by atoms with van der Waals surface area (Å²) in [6, 6.07) is 2.91. The van der Waals surface area contributed by atoms with Gasteiger partial charge in [0, 0.05) is 0 Å². The van der Waals surface area contributed by atoms with Gasteiger partial charge in [0.15, 0.2) is 0 Å². The number of aliphatic carboxylic acids is 1. The minimum atomic E-state index is -4.90. The van der Waals surface area contributed by atoms with E-state index in [1.54, 1.807) is 0 Å². The number of carbonyl (C=O) groups is 1. The fourth-order valence-electron chi connectivity index (χ4n) is 2.79. The van der Waals surface area contributed by atoms with Crippen molar-refractivity contribution in [1.82, 2.24) is 0 Å². The molecule has 1 aromatic rings.